The number of rotatable bonds is 6. The lowest BCUT2D eigenvalue weighted by Gasteiger charge is -2.04. The van der Waals surface area contributed by atoms with Crippen LogP contribution in [0.25, 0.3) is 10.2 Å². The number of nitrogens with zero attached hydrogens (tertiary/aromatic N) is 1. The largest absolute Gasteiger partial charge is 0.326 e. The molecule has 1 aromatic heterocycles. The molecule has 108 valence electrons. The molecule has 0 bridgehead atoms. The molecule has 0 saturated heterocycles. The van der Waals surface area contributed by atoms with Crippen molar-refractivity contribution in [2.24, 2.45) is 0 Å². The maximum Gasteiger partial charge on any atom is 0.224 e. The van der Waals surface area contributed by atoms with Gasteiger partial charge in [0.1, 0.15) is 0 Å². The summed E-state index contributed by atoms with van der Waals surface area (Å²) in [7, 11) is 1.89. The zero-order valence-electron chi connectivity index (χ0n) is 12.2. The molecular weight excluding hydrogens is 270 g/mol. The van der Waals surface area contributed by atoms with Crippen LogP contribution in [0.5, 0.6) is 0 Å². The molecule has 2 N–H and O–H groups in total. The average Bonchev–Trinajstić information content (AvgIpc) is 2.82. The van der Waals surface area contributed by atoms with Crippen LogP contribution in [0.3, 0.4) is 0 Å². The Hall–Kier alpha value is -1.46. The predicted molar refractivity (Wildman–Crippen MR) is 85.5 cm³/mol. The molecule has 0 aliphatic carbocycles. The van der Waals surface area contributed by atoms with Crippen LogP contribution in [0, 0.1) is 0 Å². The number of hydrogen-bond acceptors (Lipinski definition) is 4. The first kappa shape index (κ1) is 14.9. The zero-order valence-corrected chi connectivity index (χ0v) is 13.0. The molecule has 2 rings (SSSR count). The first-order chi connectivity index (χ1) is 9.60. The Labute approximate surface area is 123 Å². The number of amides is 1. The predicted octanol–water partition coefficient (Wildman–Crippen LogP) is 3.36. The van der Waals surface area contributed by atoms with Gasteiger partial charge in [-0.2, -0.15) is 0 Å². The zero-order chi connectivity index (χ0) is 14.5. The van der Waals surface area contributed by atoms with E-state index in [1.165, 1.54) is 0 Å². The number of thiazole rings is 1. The Morgan fingerprint density at radius 1 is 1.40 bits per heavy atom. The van der Waals surface area contributed by atoms with E-state index >= 15 is 0 Å². The Morgan fingerprint density at radius 2 is 2.20 bits per heavy atom. The summed E-state index contributed by atoms with van der Waals surface area (Å²) in [5, 5.41) is 7.12. The van der Waals surface area contributed by atoms with Crippen molar-refractivity contribution >= 4 is 33.1 Å². The monoisotopic (exact) mass is 291 g/mol. The molecular formula is C15H21N3OS. The summed E-state index contributed by atoms with van der Waals surface area (Å²) in [6, 6.07) is 5.90. The van der Waals surface area contributed by atoms with E-state index in [1.807, 2.05) is 25.2 Å². The van der Waals surface area contributed by atoms with Crippen LogP contribution in [0.2, 0.25) is 0 Å². The summed E-state index contributed by atoms with van der Waals surface area (Å²) in [4.78, 5) is 16.4. The fraction of sp³-hybridized carbons (Fsp3) is 0.467. The van der Waals surface area contributed by atoms with Gasteiger partial charge in [-0.05, 0) is 38.2 Å². The molecule has 1 aromatic carbocycles. The highest BCUT2D eigenvalue weighted by molar-refractivity contribution is 7.18. The van der Waals surface area contributed by atoms with Gasteiger partial charge in [-0.25, -0.2) is 4.98 Å². The van der Waals surface area contributed by atoms with Crippen molar-refractivity contribution in [1.82, 2.24) is 10.3 Å². The van der Waals surface area contributed by atoms with E-state index in [2.05, 4.69) is 29.5 Å². The molecule has 0 atom stereocenters. The standard InChI is InChI=1S/C15H21N3OS/c1-10(2)15-18-12-7-6-11(9-13(12)20-15)17-14(19)5-4-8-16-3/h6-7,9-10,16H,4-5,8H2,1-3H3,(H,17,19). The van der Waals surface area contributed by atoms with Gasteiger partial charge in [-0.15, -0.1) is 11.3 Å². The second kappa shape index (κ2) is 6.81. The van der Waals surface area contributed by atoms with E-state index in [-0.39, 0.29) is 5.91 Å². The molecule has 4 nitrogen and oxygen atoms in total. The molecule has 0 radical (unpaired) electrons. The van der Waals surface area contributed by atoms with E-state index in [0.29, 0.717) is 12.3 Å². The molecule has 1 amide bonds. The third-order valence-electron chi connectivity index (χ3n) is 3.01. The summed E-state index contributed by atoms with van der Waals surface area (Å²) < 4.78 is 1.13. The molecule has 0 saturated carbocycles. The number of carbonyl (C=O) groups is 1. The Morgan fingerprint density at radius 3 is 2.90 bits per heavy atom. The molecule has 20 heavy (non-hydrogen) atoms. The van der Waals surface area contributed by atoms with Gasteiger partial charge in [0.25, 0.3) is 0 Å². The van der Waals surface area contributed by atoms with E-state index in [4.69, 9.17) is 0 Å². The van der Waals surface area contributed by atoms with Crippen molar-refractivity contribution in [2.75, 3.05) is 18.9 Å². The highest BCUT2D eigenvalue weighted by atomic mass is 32.1. The van der Waals surface area contributed by atoms with Crippen molar-refractivity contribution in [3.63, 3.8) is 0 Å². The molecule has 0 unspecified atom stereocenters. The van der Waals surface area contributed by atoms with Crippen molar-refractivity contribution in [1.29, 1.82) is 0 Å². The van der Waals surface area contributed by atoms with Gasteiger partial charge in [0.15, 0.2) is 0 Å². The van der Waals surface area contributed by atoms with Crippen molar-refractivity contribution in [3.8, 4) is 0 Å². The van der Waals surface area contributed by atoms with Gasteiger partial charge in [-0.1, -0.05) is 13.8 Å². The van der Waals surface area contributed by atoms with Crippen LogP contribution >= 0.6 is 11.3 Å². The SMILES string of the molecule is CNCCCC(=O)Nc1ccc2nc(C(C)C)sc2c1. The van der Waals surface area contributed by atoms with Gasteiger partial charge >= 0.3 is 0 Å². The topological polar surface area (TPSA) is 54.0 Å². The van der Waals surface area contributed by atoms with Gasteiger partial charge < -0.3 is 10.6 Å². The summed E-state index contributed by atoms with van der Waals surface area (Å²) >= 11 is 1.70. The van der Waals surface area contributed by atoms with Crippen LogP contribution in [-0.2, 0) is 4.79 Å². The van der Waals surface area contributed by atoms with Gasteiger partial charge in [0, 0.05) is 18.0 Å². The maximum atomic E-state index is 11.8. The van der Waals surface area contributed by atoms with E-state index < -0.39 is 0 Å². The molecule has 0 fully saturated rings. The van der Waals surface area contributed by atoms with E-state index in [9.17, 15) is 4.79 Å². The normalized spacial score (nSPS) is 11.2. The number of carbonyl (C=O) groups excluding carboxylic acids is 1. The number of nitrogens with one attached hydrogen (secondary N) is 2. The first-order valence-electron chi connectivity index (χ1n) is 6.95. The second-order valence-electron chi connectivity index (χ2n) is 5.14. The lowest BCUT2D eigenvalue weighted by molar-refractivity contribution is -0.116. The summed E-state index contributed by atoms with van der Waals surface area (Å²) in [6.45, 7) is 5.14. The van der Waals surface area contributed by atoms with Gasteiger partial charge in [-0.3, -0.25) is 4.79 Å². The molecule has 0 aliphatic heterocycles. The fourth-order valence-electron chi connectivity index (χ4n) is 1.92. The minimum atomic E-state index is 0.0631. The maximum absolute atomic E-state index is 11.8. The number of aromatic nitrogens is 1. The minimum absolute atomic E-state index is 0.0631. The summed E-state index contributed by atoms with van der Waals surface area (Å²) in [6.07, 6.45) is 1.39. The van der Waals surface area contributed by atoms with Crippen molar-refractivity contribution in [3.05, 3.63) is 23.2 Å². The summed E-state index contributed by atoms with van der Waals surface area (Å²) in [5.74, 6) is 0.500. The number of fused-ring (bicyclic) bond motifs is 1. The average molecular weight is 291 g/mol. The number of benzene rings is 1. The first-order valence-corrected chi connectivity index (χ1v) is 7.76. The smallest absolute Gasteiger partial charge is 0.224 e. The van der Waals surface area contributed by atoms with E-state index in [0.717, 1.165) is 33.9 Å². The molecule has 0 aliphatic rings. The van der Waals surface area contributed by atoms with Crippen LogP contribution in [-0.4, -0.2) is 24.5 Å². The number of anilines is 1. The van der Waals surface area contributed by atoms with Gasteiger partial charge in [0.2, 0.25) is 5.91 Å². The lowest BCUT2D eigenvalue weighted by Crippen LogP contribution is -2.15. The molecule has 2 aromatic rings. The van der Waals surface area contributed by atoms with Crippen LogP contribution in [0.1, 0.15) is 37.6 Å². The molecule has 1 heterocycles. The Bertz CT molecular complexity index is 592. The van der Waals surface area contributed by atoms with E-state index in [1.54, 1.807) is 11.3 Å². The quantitative estimate of drug-likeness (QED) is 0.802. The van der Waals surface area contributed by atoms with Crippen molar-refractivity contribution < 1.29 is 4.79 Å². The molecule has 5 heteroatoms. The number of hydrogen-bond donors (Lipinski definition) is 2. The third-order valence-corrected chi connectivity index (χ3v) is 4.33. The lowest BCUT2D eigenvalue weighted by atomic mass is 10.2. The Kier molecular flexibility index (Phi) is 5.09. The van der Waals surface area contributed by atoms with Crippen LogP contribution in [0.15, 0.2) is 18.2 Å². The van der Waals surface area contributed by atoms with Gasteiger partial charge in [0.05, 0.1) is 15.2 Å². The Balaban J connectivity index is 2.05. The van der Waals surface area contributed by atoms with Crippen LogP contribution < -0.4 is 10.6 Å². The summed E-state index contributed by atoms with van der Waals surface area (Å²) in [5.41, 5.74) is 1.86. The third kappa shape index (κ3) is 3.77. The second-order valence-corrected chi connectivity index (χ2v) is 6.21. The molecule has 0 spiro atoms. The highest BCUT2D eigenvalue weighted by Crippen LogP contribution is 2.29. The fourth-order valence-corrected chi connectivity index (χ4v) is 2.93. The van der Waals surface area contributed by atoms with Crippen molar-refractivity contribution in [2.45, 2.75) is 32.6 Å². The highest BCUT2D eigenvalue weighted by Gasteiger charge is 2.09. The minimum Gasteiger partial charge on any atom is -0.326 e. The van der Waals surface area contributed by atoms with Crippen LogP contribution in [0.4, 0.5) is 5.69 Å².